The van der Waals surface area contributed by atoms with Gasteiger partial charge >= 0.3 is 0 Å². The molecule has 0 heterocycles. The second kappa shape index (κ2) is 12.1. The number of benzene rings is 2. The summed E-state index contributed by atoms with van der Waals surface area (Å²) in [6, 6.07) is 11.7. The second-order valence-corrected chi connectivity index (χ2v) is 10.8. The van der Waals surface area contributed by atoms with Gasteiger partial charge in [-0.05, 0) is 63.4 Å². The van der Waals surface area contributed by atoms with Crippen LogP contribution in [0, 0.1) is 13.8 Å². The molecule has 8 nitrogen and oxygen atoms in total. The van der Waals surface area contributed by atoms with Crippen LogP contribution in [0.2, 0.25) is 0 Å². The number of methoxy groups -OCH3 is 1. The summed E-state index contributed by atoms with van der Waals surface area (Å²) in [6.45, 7) is 8.96. The molecule has 0 spiro atoms. The number of aryl methyl sites for hydroxylation is 2. The van der Waals surface area contributed by atoms with Crippen LogP contribution >= 0.6 is 0 Å². The Morgan fingerprint density at radius 2 is 1.69 bits per heavy atom. The standard InChI is InChI=1S/C26H37N3O5S/c1-8-20(4)27-26(31)21(5)28(16-22-10-12-23(34-6)13-11-22)25(30)17-29(35(7,32)33)24-14-9-18(2)15-19(24)3/h9-15,20-21H,8,16-17H2,1-7H3,(H,27,31)/t20-,21+/m1/s1. The molecule has 1 N–H and O–H groups in total. The lowest BCUT2D eigenvalue weighted by Gasteiger charge is -2.32. The maximum atomic E-state index is 13.6. The summed E-state index contributed by atoms with van der Waals surface area (Å²) in [5.74, 6) is -0.0936. The zero-order valence-corrected chi connectivity index (χ0v) is 22.5. The Morgan fingerprint density at radius 1 is 1.06 bits per heavy atom. The van der Waals surface area contributed by atoms with Crippen LogP contribution in [-0.2, 0) is 26.2 Å². The van der Waals surface area contributed by atoms with Crippen molar-refractivity contribution in [1.29, 1.82) is 0 Å². The molecule has 0 unspecified atom stereocenters. The summed E-state index contributed by atoms with van der Waals surface area (Å²) in [5, 5.41) is 2.91. The average molecular weight is 504 g/mol. The van der Waals surface area contributed by atoms with Crippen molar-refractivity contribution in [3.63, 3.8) is 0 Å². The minimum absolute atomic E-state index is 0.0504. The maximum absolute atomic E-state index is 13.6. The van der Waals surface area contributed by atoms with Gasteiger partial charge in [-0.25, -0.2) is 8.42 Å². The van der Waals surface area contributed by atoms with Crippen molar-refractivity contribution in [3.05, 3.63) is 59.2 Å². The van der Waals surface area contributed by atoms with E-state index in [0.29, 0.717) is 11.4 Å². The van der Waals surface area contributed by atoms with Crippen LogP contribution in [0.15, 0.2) is 42.5 Å². The highest BCUT2D eigenvalue weighted by atomic mass is 32.2. The third-order valence-electron chi connectivity index (χ3n) is 5.98. The Hall–Kier alpha value is -3.07. The summed E-state index contributed by atoms with van der Waals surface area (Å²) < 4.78 is 31.7. The Bertz CT molecular complexity index is 1130. The van der Waals surface area contributed by atoms with Crippen molar-refractivity contribution in [2.45, 2.75) is 59.7 Å². The fourth-order valence-corrected chi connectivity index (χ4v) is 4.56. The topological polar surface area (TPSA) is 96.0 Å². The van der Waals surface area contributed by atoms with Crippen molar-refractivity contribution in [2.24, 2.45) is 0 Å². The summed E-state index contributed by atoms with van der Waals surface area (Å²) >= 11 is 0. The van der Waals surface area contributed by atoms with Crippen LogP contribution in [0.5, 0.6) is 5.75 Å². The Kier molecular flexibility index (Phi) is 9.71. The molecule has 0 radical (unpaired) electrons. The van der Waals surface area contributed by atoms with Gasteiger partial charge in [0.25, 0.3) is 0 Å². The molecule has 0 saturated heterocycles. The van der Waals surface area contributed by atoms with Gasteiger partial charge in [-0.3, -0.25) is 13.9 Å². The van der Waals surface area contributed by atoms with E-state index in [2.05, 4.69) is 5.32 Å². The molecule has 9 heteroatoms. The zero-order valence-electron chi connectivity index (χ0n) is 21.7. The Morgan fingerprint density at radius 3 is 2.20 bits per heavy atom. The third-order valence-corrected chi connectivity index (χ3v) is 7.11. The molecule has 2 amide bonds. The van der Waals surface area contributed by atoms with Gasteiger partial charge in [-0.2, -0.15) is 0 Å². The lowest BCUT2D eigenvalue weighted by Crippen LogP contribution is -2.52. The number of rotatable bonds is 11. The van der Waals surface area contributed by atoms with Crippen molar-refractivity contribution >= 4 is 27.5 Å². The monoisotopic (exact) mass is 503 g/mol. The first-order chi connectivity index (χ1) is 16.4. The lowest BCUT2D eigenvalue weighted by atomic mass is 10.1. The Balaban J connectivity index is 2.41. The van der Waals surface area contributed by atoms with Crippen LogP contribution in [0.25, 0.3) is 0 Å². The van der Waals surface area contributed by atoms with Gasteiger partial charge in [-0.15, -0.1) is 0 Å². The van der Waals surface area contributed by atoms with Crippen LogP contribution in [-0.4, -0.2) is 57.1 Å². The SMILES string of the molecule is CC[C@@H](C)NC(=O)[C@H](C)N(Cc1ccc(OC)cc1)C(=O)CN(c1ccc(C)cc1C)S(C)(=O)=O. The number of hydrogen-bond acceptors (Lipinski definition) is 5. The number of sulfonamides is 1. The molecule has 0 aliphatic heterocycles. The predicted molar refractivity (Wildman–Crippen MR) is 139 cm³/mol. The van der Waals surface area contributed by atoms with E-state index >= 15 is 0 Å². The van der Waals surface area contributed by atoms with Crippen LogP contribution < -0.4 is 14.4 Å². The number of carbonyl (C=O) groups is 2. The molecule has 192 valence electrons. The largest absolute Gasteiger partial charge is 0.497 e. The van der Waals surface area contributed by atoms with Gasteiger partial charge in [0, 0.05) is 12.6 Å². The highest BCUT2D eigenvalue weighted by Crippen LogP contribution is 2.24. The number of carbonyl (C=O) groups excluding carboxylic acids is 2. The van der Waals surface area contributed by atoms with Crippen LogP contribution in [0.1, 0.15) is 43.9 Å². The van der Waals surface area contributed by atoms with Gasteiger partial charge < -0.3 is 15.0 Å². The summed E-state index contributed by atoms with van der Waals surface area (Å²) in [6.07, 6.45) is 1.83. The van der Waals surface area contributed by atoms with Crippen molar-refractivity contribution in [2.75, 3.05) is 24.2 Å². The van der Waals surface area contributed by atoms with E-state index in [1.807, 2.05) is 52.0 Å². The molecule has 2 rings (SSSR count). The van der Waals surface area contributed by atoms with Gasteiger partial charge in [0.05, 0.1) is 19.1 Å². The number of ether oxygens (including phenoxy) is 1. The van der Waals surface area contributed by atoms with E-state index in [1.165, 1.54) is 4.90 Å². The van der Waals surface area contributed by atoms with Gasteiger partial charge in [0.2, 0.25) is 21.8 Å². The molecule has 35 heavy (non-hydrogen) atoms. The fourth-order valence-electron chi connectivity index (χ4n) is 3.66. The number of anilines is 1. The van der Waals surface area contributed by atoms with Gasteiger partial charge in [0.1, 0.15) is 18.3 Å². The Labute approximate surface area is 209 Å². The minimum atomic E-state index is -3.76. The molecule has 0 fully saturated rings. The first-order valence-electron chi connectivity index (χ1n) is 11.6. The second-order valence-electron chi connectivity index (χ2n) is 8.92. The van der Waals surface area contributed by atoms with E-state index in [-0.39, 0.29) is 18.5 Å². The van der Waals surface area contributed by atoms with Crippen molar-refractivity contribution in [1.82, 2.24) is 10.2 Å². The van der Waals surface area contributed by atoms with E-state index < -0.39 is 28.5 Å². The molecule has 2 atom stereocenters. The maximum Gasteiger partial charge on any atom is 0.244 e. The van der Waals surface area contributed by atoms with Crippen molar-refractivity contribution < 1.29 is 22.7 Å². The molecule has 2 aromatic rings. The molecule has 0 saturated carbocycles. The zero-order chi connectivity index (χ0) is 26.3. The number of amides is 2. The minimum Gasteiger partial charge on any atom is -0.497 e. The van der Waals surface area contributed by atoms with E-state index in [0.717, 1.165) is 33.7 Å². The summed E-state index contributed by atoms with van der Waals surface area (Å²) in [7, 11) is -2.20. The molecule has 0 aliphatic carbocycles. The quantitative estimate of drug-likeness (QED) is 0.507. The summed E-state index contributed by atoms with van der Waals surface area (Å²) in [5.41, 5.74) is 2.96. The van der Waals surface area contributed by atoms with E-state index in [9.17, 15) is 18.0 Å². The molecule has 0 aliphatic rings. The average Bonchev–Trinajstić information content (AvgIpc) is 2.80. The van der Waals surface area contributed by atoms with Crippen LogP contribution in [0.3, 0.4) is 0 Å². The lowest BCUT2D eigenvalue weighted by molar-refractivity contribution is -0.139. The highest BCUT2D eigenvalue weighted by Gasteiger charge is 2.30. The molecule has 0 aromatic heterocycles. The number of hydrogen-bond donors (Lipinski definition) is 1. The molecular formula is C26H37N3O5S. The molecule has 0 bridgehead atoms. The fraction of sp³-hybridized carbons (Fsp3) is 0.462. The number of nitrogens with one attached hydrogen (secondary N) is 1. The van der Waals surface area contributed by atoms with Gasteiger partial charge in [-0.1, -0.05) is 36.8 Å². The van der Waals surface area contributed by atoms with E-state index in [1.54, 1.807) is 32.2 Å². The first-order valence-corrected chi connectivity index (χ1v) is 13.5. The smallest absolute Gasteiger partial charge is 0.244 e. The third kappa shape index (κ3) is 7.71. The number of nitrogens with zero attached hydrogens (tertiary/aromatic N) is 2. The first kappa shape index (κ1) is 28.2. The highest BCUT2D eigenvalue weighted by molar-refractivity contribution is 7.92. The van der Waals surface area contributed by atoms with Crippen molar-refractivity contribution in [3.8, 4) is 5.75 Å². The summed E-state index contributed by atoms with van der Waals surface area (Å²) in [4.78, 5) is 27.9. The predicted octanol–water partition coefficient (Wildman–Crippen LogP) is 3.41. The normalized spacial score (nSPS) is 13.0. The van der Waals surface area contributed by atoms with Gasteiger partial charge in [0.15, 0.2) is 0 Å². The van der Waals surface area contributed by atoms with E-state index in [4.69, 9.17) is 4.74 Å². The molecular weight excluding hydrogens is 466 g/mol. The molecule has 2 aromatic carbocycles. The van der Waals surface area contributed by atoms with Crippen LogP contribution in [0.4, 0.5) is 5.69 Å².